The predicted molar refractivity (Wildman–Crippen MR) is 99.7 cm³/mol. The summed E-state index contributed by atoms with van der Waals surface area (Å²) in [5, 5.41) is 7.05. The highest BCUT2D eigenvalue weighted by atomic mass is 79.9. The fraction of sp³-hybridized carbons (Fsp3) is 0.389. The average molecular weight is 405 g/mol. The van der Waals surface area contributed by atoms with Gasteiger partial charge in [-0.25, -0.2) is 0 Å². The number of rotatable bonds is 4. The highest BCUT2D eigenvalue weighted by Crippen LogP contribution is 2.28. The second-order valence-electron chi connectivity index (χ2n) is 6.50. The number of likely N-dealkylation sites (N-methyl/N-ethyl adjacent to an activating group) is 1. The number of aromatic amines is 1. The normalized spacial score (nSPS) is 17.4. The van der Waals surface area contributed by atoms with Crippen molar-refractivity contribution in [2.24, 2.45) is 0 Å². The van der Waals surface area contributed by atoms with Gasteiger partial charge in [-0.15, -0.1) is 0 Å². The van der Waals surface area contributed by atoms with Crippen LogP contribution in [0, 0.1) is 0 Å². The van der Waals surface area contributed by atoms with Gasteiger partial charge in [-0.2, -0.15) is 5.10 Å². The number of nitrogens with one attached hydrogen (secondary N) is 1. The zero-order valence-electron chi connectivity index (χ0n) is 14.5. The number of benzene rings is 1. The molecule has 25 heavy (non-hydrogen) atoms. The molecular formula is C18H21BrN4O2. The molecule has 0 saturated carbocycles. The molecule has 7 heteroatoms. The summed E-state index contributed by atoms with van der Waals surface area (Å²) in [5.41, 5.74) is 2.05. The average Bonchev–Trinajstić information content (AvgIpc) is 3.17. The van der Waals surface area contributed by atoms with E-state index in [-0.39, 0.29) is 17.7 Å². The number of hydrogen-bond acceptors (Lipinski definition) is 3. The number of amides is 2. The summed E-state index contributed by atoms with van der Waals surface area (Å²) in [6, 6.07) is 9.05. The van der Waals surface area contributed by atoms with Crippen molar-refractivity contribution in [1.82, 2.24) is 15.1 Å². The number of nitrogens with zero attached hydrogens (tertiary/aromatic N) is 3. The predicted octanol–water partition coefficient (Wildman–Crippen LogP) is 3.17. The van der Waals surface area contributed by atoms with Gasteiger partial charge in [-0.3, -0.25) is 14.7 Å². The molecule has 132 valence electrons. The first-order valence-electron chi connectivity index (χ1n) is 8.29. The van der Waals surface area contributed by atoms with E-state index in [1.165, 1.54) is 4.90 Å². The SMILES string of the molecule is CC(C)c1[nH]nc(C(=O)N(C)C2CCN(c3ccccc3)C2=O)c1Br. The van der Waals surface area contributed by atoms with Gasteiger partial charge in [0.2, 0.25) is 5.91 Å². The van der Waals surface area contributed by atoms with Crippen LogP contribution in [0.15, 0.2) is 34.8 Å². The van der Waals surface area contributed by atoms with E-state index in [0.717, 1.165) is 11.4 Å². The second kappa shape index (κ2) is 7.00. The lowest BCUT2D eigenvalue weighted by Crippen LogP contribution is -2.43. The first kappa shape index (κ1) is 17.7. The Balaban J connectivity index is 1.78. The van der Waals surface area contributed by atoms with Gasteiger partial charge in [0.25, 0.3) is 5.91 Å². The molecule has 1 aliphatic rings. The summed E-state index contributed by atoms with van der Waals surface area (Å²) < 4.78 is 0.671. The molecule has 6 nitrogen and oxygen atoms in total. The van der Waals surface area contributed by atoms with E-state index >= 15 is 0 Å². The number of anilines is 1. The monoisotopic (exact) mass is 404 g/mol. The quantitative estimate of drug-likeness (QED) is 0.850. The number of aromatic nitrogens is 2. The molecule has 1 N–H and O–H groups in total. The van der Waals surface area contributed by atoms with Crippen LogP contribution < -0.4 is 4.90 Å². The van der Waals surface area contributed by atoms with Crippen LogP contribution in [0.2, 0.25) is 0 Å². The molecule has 0 aliphatic carbocycles. The number of halogens is 1. The lowest BCUT2D eigenvalue weighted by Gasteiger charge is -2.23. The van der Waals surface area contributed by atoms with E-state index in [2.05, 4.69) is 26.1 Å². The van der Waals surface area contributed by atoms with Crippen molar-refractivity contribution in [3.63, 3.8) is 0 Å². The smallest absolute Gasteiger partial charge is 0.275 e. The van der Waals surface area contributed by atoms with Crippen molar-refractivity contribution in [2.75, 3.05) is 18.5 Å². The minimum Gasteiger partial charge on any atom is -0.328 e. The lowest BCUT2D eigenvalue weighted by atomic mass is 10.1. The Morgan fingerprint density at radius 3 is 2.64 bits per heavy atom. The summed E-state index contributed by atoms with van der Waals surface area (Å²) in [4.78, 5) is 28.8. The fourth-order valence-electron chi connectivity index (χ4n) is 3.06. The van der Waals surface area contributed by atoms with E-state index in [4.69, 9.17) is 0 Å². The van der Waals surface area contributed by atoms with Crippen molar-refractivity contribution in [3.8, 4) is 0 Å². The Morgan fingerprint density at radius 1 is 1.36 bits per heavy atom. The fourth-order valence-corrected chi connectivity index (χ4v) is 3.87. The van der Waals surface area contributed by atoms with Crippen LogP contribution in [0.25, 0.3) is 0 Å². The van der Waals surface area contributed by atoms with Crippen LogP contribution in [0.4, 0.5) is 5.69 Å². The van der Waals surface area contributed by atoms with E-state index in [1.807, 2.05) is 44.2 Å². The van der Waals surface area contributed by atoms with Crippen LogP contribution in [0.5, 0.6) is 0 Å². The van der Waals surface area contributed by atoms with Crippen molar-refractivity contribution >= 4 is 33.4 Å². The number of para-hydroxylation sites is 1. The topological polar surface area (TPSA) is 69.3 Å². The van der Waals surface area contributed by atoms with E-state index in [9.17, 15) is 9.59 Å². The summed E-state index contributed by atoms with van der Waals surface area (Å²) in [7, 11) is 1.66. The van der Waals surface area contributed by atoms with Crippen LogP contribution >= 0.6 is 15.9 Å². The molecule has 1 unspecified atom stereocenters. The Kier molecular flexibility index (Phi) is 4.94. The highest BCUT2D eigenvalue weighted by Gasteiger charge is 2.38. The molecule has 1 fully saturated rings. The minimum absolute atomic E-state index is 0.0576. The molecule has 1 aromatic carbocycles. The molecule has 1 atom stereocenters. The number of H-pyrrole nitrogens is 1. The largest absolute Gasteiger partial charge is 0.328 e. The first-order valence-corrected chi connectivity index (χ1v) is 9.08. The van der Waals surface area contributed by atoms with Gasteiger partial charge >= 0.3 is 0 Å². The van der Waals surface area contributed by atoms with Gasteiger partial charge in [0, 0.05) is 19.3 Å². The second-order valence-corrected chi connectivity index (χ2v) is 7.29. The third-order valence-corrected chi connectivity index (χ3v) is 5.35. The van der Waals surface area contributed by atoms with Gasteiger partial charge in [-0.05, 0) is 40.4 Å². The molecule has 1 saturated heterocycles. The molecular weight excluding hydrogens is 384 g/mol. The number of hydrogen-bond donors (Lipinski definition) is 1. The summed E-state index contributed by atoms with van der Waals surface area (Å²) in [6.45, 7) is 4.65. The number of carbonyl (C=O) groups is 2. The molecule has 2 heterocycles. The molecule has 0 spiro atoms. The van der Waals surface area contributed by atoms with Crippen molar-refractivity contribution in [2.45, 2.75) is 32.2 Å². The zero-order valence-corrected chi connectivity index (χ0v) is 16.1. The lowest BCUT2D eigenvalue weighted by molar-refractivity contribution is -0.120. The minimum atomic E-state index is -0.473. The molecule has 1 aromatic heterocycles. The maximum Gasteiger partial charge on any atom is 0.275 e. The van der Waals surface area contributed by atoms with Gasteiger partial charge < -0.3 is 9.80 Å². The zero-order chi connectivity index (χ0) is 18.1. The third-order valence-electron chi connectivity index (χ3n) is 4.55. The molecule has 2 aromatic rings. The van der Waals surface area contributed by atoms with E-state index < -0.39 is 6.04 Å². The van der Waals surface area contributed by atoms with Gasteiger partial charge in [0.15, 0.2) is 5.69 Å². The maximum atomic E-state index is 12.8. The van der Waals surface area contributed by atoms with Gasteiger partial charge in [0.05, 0.1) is 10.2 Å². The van der Waals surface area contributed by atoms with E-state index in [1.54, 1.807) is 11.9 Å². The van der Waals surface area contributed by atoms with E-state index in [0.29, 0.717) is 23.1 Å². The standard InChI is InChI=1S/C18H21BrN4O2/c1-11(2)15-14(19)16(21-20-15)18(25)22(3)13-9-10-23(17(13)24)12-7-5-4-6-8-12/h4-8,11,13H,9-10H2,1-3H3,(H,20,21). The Labute approximate surface area is 155 Å². The van der Waals surface area contributed by atoms with Crippen molar-refractivity contribution in [3.05, 3.63) is 46.2 Å². The maximum absolute atomic E-state index is 12.8. The van der Waals surface area contributed by atoms with Crippen LogP contribution in [0.1, 0.15) is 42.4 Å². The molecule has 1 aliphatic heterocycles. The van der Waals surface area contributed by atoms with Crippen LogP contribution in [0.3, 0.4) is 0 Å². The van der Waals surface area contributed by atoms with Gasteiger partial charge in [0.1, 0.15) is 6.04 Å². The molecule has 2 amide bonds. The number of carbonyl (C=O) groups excluding carboxylic acids is 2. The highest BCUT2D eigenvalue weighted by molar-refractivity contribution is 9.10. The Morgan fingerprint density at radius 2 is 2.04 bits per heavy atom. The van der Waals surface area contributed by atoms with Crippen molar-refractivity contribution in [1.29, 1.82) is 0 Å². The summed E-state index contributed by atoms with van der Waals surface area (Å²) in [5.74, 6) is -0.100. The van der Waals surface area contributed by atoms with Gasteiger partial charge in [-0.1, -0.05) is 32.0 Å². The summed E-state index contributed by atoms with van der Waals surface area (Å²) in [6.07, 6.45) is 0.606. The Hall–Kier alpha value is -2.15. The first-order chi connectivity index (χ1) is 11.9. The van der Waals surface area contributed by atoms with Crippen molar-refractivity contribution < 1.29 is 9.59 Å². The molecule has 3 rings (SSSR count). The summed E-state index contributed by atoms with van der Waals surface area (Å²) >= 11 is 3.46. The Bertz CT molecular complexity index is 788. The molecule has 0 bridgehead atoms. The van der Waals surface area contributed by atoms with Crippen LogP contribution in [-0.2, 0) is 4.79 Å². The van der Waals surface area contributed by atoms with Crippen LogP contribution in [-0.4, -0.2) is 46.5 Å². The molecule has 0 radical (unpaired) electrons. The third kappa shape index (κ3) is 3.20.